The summed E-state index contributed by atoms with van der Waals surface area (Å²) in [6.07, 6.45) is 0.752. The molecule has 186 valence electrons. The molecule has 6 rings (SSSR count). The molecule has 0 radical (unpaired) electrons. The van der Waals surface area contributed by atoms with Gasteiger partial charge in [-0.1, -0.05) is 53.7 Å². The van der Waals surface area contributed by atoms with Gasteiger partial charge in [0.25, 0.3) is 5.91 Å². The van der Waals surface area contributed by atoms with Crippen molar-refractivity contribution >= 4 is 79.1 Å². The second-order valence-electron chi connectivity index (χ2n) is 8.67. The van der Waals surface area contributed by atoms with Gasteiger partial charge in [0, 0.05) is 23.0 Å². The molecule has 0 N–H and O–H groups in total. The van der Waals surface area contributed by atoms with E-state index in [1.807, 2.05) is 60.4 Å². The van der Waals surface area contributed by atoms with E-state index >= 15 is 0 Å². The highest BCUT2D eigenvalue weighted by atomic mass is 35.5. The molecule has 37 heavy (non-hydrogen) atoms. The first kappa shape index (κ1) is 24.6. The predicted octanol–water partition coefficient (Wildman–Crippen LogP) is 7.87. The fourth-order valence-electron chi connectivity index (χ4n) is 4.45. The molecule has 0 bridgehead atoms. The third-order valence-corrected chi connectivity index (χ3v) is 9.76. The number of aliphatic imine (C=N–C) groups is 1. The molecule has 0 spiro atoms. The maximum absolute atomic E-state index is 13.9. The maximum Gasteiger partial charge on any atom is 0.269 e. The van der Waals surface area contributed by atoms with Crippen molar-refractivity contribution in [1.82, 2.24) is 9.88 Å². The molecule has 4 aromatic rings. The third-order valence-electron chi connectivity index (χ3n) is 6.21. The summed E-state index contributed by atoms with van der Waals surface area (Å²) in [5.41, 5.74) is 4.03. The van der Waals surface area contributed by atoms with Gasteiger partial charge < -0.3 is 4.90 Å². The average molecular weight is 563 g/mol. The van der Waals surface area contributed by atoms with E-state index in [0.717, 1.165) is 49.5 Å². The molecule has 0 atom stereocenters. The Hall–Kier alpha value is -2.78. The van der Waals surface area contributed by atoms with Crippen LogP contribution in [-0.2, 0) is 11.2 Å². The quantitative estimate of drug-likeness (QED) is 0.232. The van der Waals surface area contributed by atoms with Crippen molar-refractivity contribution in [3.63, 3.8) is 0 Å². The zero-order valence-electron chi connectivity index (χ0n) is 20.3. The van der Waals surface area contributed by atoms with Crippen LogP contribution < -0.4 is 4.90 Å². The molecule has 3 aromatic carbocycles. The summed E-state index contributed by atoms with van der Waals surface area (Å²) < 4.78 is 1.10. The number of hydrogen-bond acceptors (Lipinski definition) is 7. The van der Waals surface area contributed by atoms with E-state index in [4.69, 9.17) is 16.6 Å². The Morgan fingerprint density at radius 2 is 1.84 bits per heavy atom. The lowest BCUT2D eigenvalue weighted by atomic mass is 10.1. The fourth-order valence-corrected chi connectivity index (χ4v) is 7.87. The highest BCUT2D eigenvalue weighted by molar-refractivity contribution is 8.19. The molecule has 3 heterocycles. The first-order valence-electron chi connectivity index (χ1n) is 12.0. The van der Waals surface area contributed by atoms with Crippen molar-refractivity contribution in [1.29, 1.82) is 0 Å². The van der Waals surface area contributed by atoms with Crippen LogP contribution in [0.5, 0.6) is 0 Å². The van der Waals surface area contributed by atoms with Crippen molar-refractivity contribution in [2.24, 2.45) is 4.99 Å². The van der Waals surface area contributed by atoms with Gasteiger partial charge in [-0.2, -0.15) is 0 Å². The molecule has 5 nitrogen and oxygen atoms in total. The minimum Gasteiger partial charge on any atom is -0.334 e. The molecule has 2 aliphatic heterocycles. The summed E-state index contributed by atoms with van der Waals surface area (Å²) in [6, 6.07) is 22.2. The van der Waals surface area contributed by atoms with E-state index in [2.05, 4.69) is 35.0 Å². The number of amides is 1. The second-order valence-corrected chi connectivity index (χ2v) is 12.3. The van der Waals surface area contributed by atoms with E-state index in [1.165, 1.54) is 17.3 Å². The average Bonchev–Trinajstić information content (AvgIpc) is 3.54. The number of benzene rings is 3. The van der Waals surface area contributed by atoms with Crippen LogP contribution in [0.2, 0.25) is 5.02 Å². The Bertz CT molecular complexity index is 1580. The molecular formula is C28H23ClN4OS3. The Kier molecular flexibility index (Phi) is 6.75. The summed E-state index contributed by atoms with van der Waals surface area (Å²) in [6.45, 7) is 5.40. The molecule has 1 aromatic heterocycles. The highest BCUT2D eigenvalue weighted by Gasteiger charge is 2.39. The SMILES string of the molecule is CCN1C(=C2SC(=Nc3ccc4nc(C)sc4c3)N(CCc3ccccc3)C2=O)Sc2ccc(Cl)cc21. The number of aromatic nitrogens is 1. The van der Waals surface area contributed by atoms with Crippen molar-refractivity contribution in [3.05, 3.63) is 92.3 Å². The normalized spacial score (nSPS) is 18.5. The van der Waals surface area contributed by atoms with Crippen LogP contribution in [0, 0.1) is 6.92 Å². The van der Waals surface area contributed by atoms with Crippen LogP contribution in [0.15, 0.2) is 86.6 Å². The highest BCUT2D eigenvalue weighted by Crippen LogP contribution is 2.51. The number of aryl methyl sites for hydroxylation is 1. The molecule has 1 saturated heterocycles. The van der Waals surface area contributed by atoms with Crippen LogP contribution >= 0.6 is 46.5 Å². The van der Waals surface area contributed by atoms with Crippen molar-refractivity contribution in [2.75, 3.05) is 18.0 Å². The predicted molar refractivity (Wildman–Crippen MR) is 158 cm³/mol. The molecule has 0 saturated carbocycles. The summed E-state index contributed by atoms with van der Waals surface area (Å²) in [4.78, 5) is 29.3. The number of thioether (sulfide) groups is 2. The van der Waals surface area contributed by atoms with Gasteiger partial charge in [0.2, 0.25) is 0 Å². The molecule has 0 aliphatic carbocycles. The van der Waals surface area contributed by atoms with Crippen molar-refractivity contribution in [3.8, 4) is 0 Å². The van der Waals surface area contributed by atoms with Gasteiger partial charge in [-0.3, -0.25) is 9.69 Å². The molecule has 1 fully saturated rings. The van der Waals surface area contributed by atoms with Crippen LogP contribution in [0.25, 0.3) is 10.2 Å². The van der Waals surface area contributed by atoms with Gasteiger partial charge in [0.15, 0.2) is 5.17 Å². The van der Waals surface area contributed by atoms with Gasteiger partial charge in [-0.05, 0) is 74.0 Å². The van der Waals surface area contributed by atoms with Gasteiger partial charge in [0.1, 0.15) is 9.93 Å². The van der Waals surface area contributed by atoms with Crippen LogP contribution in [0.3, 0.4) is 0 Å². The van der Waals surface area contributed by atoms with E-state index in [0.29, 0.717) is 21.6 Å². The minimum atomic E-state index is -0.00533. The van der Waals surface area contributed by atoms with E-state index in [1.54, 1.807) is 23.1 Å². The van der Waals surface area contributed by atoms with Crippen LogP contribution in [0.4, 0.5) is 11.4 Å². The second kappa shape index (κ2) is 10.2. The Labute approximate surface area is 233 Å². The zero-order chi connectivity index (χ0) is 25.5. The molecule has 9 heteroatoms. The number of hydrogen-bond donors (Lipinski definition) is 0. The lowest BCUT2D eigenvalue weighted by molar-refractivity contribution is -0.122. The summed E-state index contributed by atoms with van der Waals surface area (Å²) in [5, 5.41) is 3.36. The number of fused-ring (bicyclic) bond motifs is 2. The summed E-state index contributed by atoms with van der Waals surface area (Å²) in [7, 11) is 0. The largest absolute Gasteiger partial charge is 0.334 e. The number of halogens is 1. The Balaban J connectivity index is 1.39. The number of thiazole rings is 1. The fraction of sp³-hybridized carbons (Fsp3) is 0.179. The topological polar surface area (TPSA) is 48.8 Å². The summed E-state index contributed by atoms with van der Waals surface area (Å²) in [5.74, 6) is -0.00533. The van der Waals surface area contributed by atoms with E-state index in [9.17, 15) is 4.79 Å². The van der Waals surface area contributed by atoms with Crippen LogP contribution in [-0.4, -0.2) is 34.0 Å². The number of amidine groups is 1. The number of carbonyl (C=O) groups is 1. The van der Waals surface area contributed by atoms with Crippen molar-refractivity contribution < 1.29 is 4.79 Å². The lowest BCUT2D eigenvalue weighted by Crippen LogP contribution is -2.32. The zero-order valence-corrected chi connectivity index (χ0v) is 23.5. The Morgan fingerprint density at radius 3 is 2.65 bits per heavy atom. The van der Waals surface area contributed by atoms with E-state index in [-0.39, 0.29) is 5.91 Å². The smallest absolute Gasteiger partial charge is 0.269 e. The molecule has 1 amide bonds. The number of anilines is 1. The minimum absolute atomic E-state index is 0.00533. The molecule has 0 unspecified atom stereocenters. The standard InChI is InChI=1S/C28H23ClN4OS3/c1-3-32-22-15-19(29)9-12-23(22)36-27(32)25-26(34)33(14-13-18-7-5-4-6-8-18)28(37-25)31-20-10-11-21-24(16-20)35-17(2)30-21/h4-12,15-16H,3,13-14H2,1-2H3. The van der Waals surface area contributed by atoms with Gasteiger partial charge in [-0.25, -0.2) is 9.98 Å². The number of carbonyl (C=O) groups excluding carboxylic acids is 1. The van der Waals surface area contributed by atoms with Gasteiger partial charge in [0.05, 0.1) is 26.6 Å². The summed E-state index contributed by atoms with van der Waals surface area (Å²) >= 11 is 11.0. The van der Waals surface area contributed by atoms with E-state index < -0.39 is 0 Å². The monoisotopic (exact) mass is 562 g/mol. The molecular weight excluding hydrogens is 540 g/mol. The lowest BCUT2D eigenvalue weighted by Gasteiger charge is -2.19. The number of nitrogens with zero attached hydrogens (tertiary/aromatic N) is 4. The van der Waals surface area contributed by atoms with Gasteiger partial charge in [-0.15, -0.1) is 11.3 Å². The molecule has 2 aliphatic rings. The Morgan fingerprint density at radius 1 is 1.00 bits per heavy atom. The first-order valence-corrected chi connectivity index (χ1v) is 14.8. The van der Waals surface area contributed by atoms with Crippen LogP contribution in [0.1, 0.15) is 17.5 Å². The van der Waals surface area contributed by atoms with Gasteiger partial charge >= 0.3 is 0 Å². The first-order chi connectivity index (χ1) is 18.0. The maximum atomic E-state index is 13.9. The van der Waals surface area contributed by atoms with Crippen molar-refractivity contribution in [2.45, 2.75) is 25.2 Å². The number of rotatable bonds is 5. The third kappa shape index (κ3) is 4.79.